The van der Waals surface area contributed by atoms with Crippen LogP contribution in [0.4, 0.5) is 5.69 Å². The number of hydrogen-bond acceptors (Lipinski definition) is 5. The molecule has 2 heterocycles. The van der Waals surface area contributed by atoms with E-state index in [1.54, 1.807) is 24.5 Å². The van der Waals surface area contributed by atoms with Crippen molar-refractivity contribution in [2.24, 2.45) is 0 Å². The van der Waals surface area contributed by atoms with E-state index in [-0.39, 0.29) is 5.91 Å². The monoisotopic (exact) mass is 463 g/mol. The van der Waals surface area contributed by atoms with Crippen LogP contribution in [0.3, 0.4) is 0 Å². The number of thioether (sulfide) groups is 1. The Balaban J connectivity index is 1.66. The second kappa shape index (κ2) is 9.54. The Morgan fingerprint density at radius 3 is 2.53 bits per heavy atom. The van der Waals surface area contributed by atoms with Gasteiger partial charge in [-0.1, -0.05) is 47.6 Å². The lowest BCUT2D eigenvalue weighted by atomic mass is 10.2. The van der Waals surface area contributed by atoms with Gasteiger partial charge in [0.1, 0.15) is 0 Å². The second-order valence-electron chi connectivity index (χ2n) is 7.37. The molecule has 8 heteroatoms. The normalized spacial score (nSPS) is 11.9. The Labute approximate surface area is 196 Å². The van der Waals surface area contributed by atoms with Gasteiger partial charge in [-0.05, 0) is 62.2 Å². The maximum atomic E-state index is 12.9. The Kier molecular flexibility index (Phi) is 6.58. The van der Waals surface area contributed by atoms with Crippen LogP contribution in [-0.2, 0) is 4.79 Å². The highest BCUT2D eigenvalue weighted by Crippen LogP contribution is 2.32. The molecule has 0 radical (unpaired) electrons. The fraction of sp³-hybridized carbons (Fsp3) is 0.167. The molecule has 1 amide bonds. The molecule has 1 unspecified atom stereocenters. The summed E-state index contributed by atoms with van der Waals surface area (Å²) in [6.45, 7) is 5.82. The molecular formula is C24H22ClN5OS. The van der Waals surface area contributed by atoms with Gasteiger partial charge >= 0.3 is 0 Å². The summed E-state index contributed by atoms with van der Waals surface area (Å²) in [4.78, 5) is 17.0. The van der Waals surface area contributed by atoms with Gasteiger partial charge in [0.15, 0.2) is 11.0 Å². The highest BCUT2D eigenvalue weighted by molar-refractivity contribution is 8.00. The molecule has 0 saturated heterocycles. The van der Waals surface area contributed by atoms with Gasteiger partial charge in [0, 0.05) is 28.7 Å². The number of halogens is 1. The SMILES string of the molecule is Cc1ccc(Cl)cc1NC(=O)C(C)Sc1nnc(-c2ccncc2)n1-c1ccccc1C. The summed E-state index contributed by atoms with van der Waals surface area (Å²) in [7, 11) is 0. The van der Waals surface area contributed by atoms with E-state index in [0.29, 0.717) is 21.7 Å². The first-order chi connectivity index (χ1) is 15.4. The number of aromatic nitrogens is 4. The highest BCUT2D eigenvalue weighted by Gasteiger charge is 2.23. The molecule has 1 atom stereocenters. The van der Waals surface area contributed by atoms with E-state index in [1.165, 1.54) is 11.8 Å². The minimum Gasteiger partial charge on any atom is -0.325 e. The quantitative estimate of drug-likeness (QED) is 0.370. The number of pyridine rings is 1. The molecular weight excluding hydrogens is 442 g/mol. The number of carbonyl (C=O) groups excluding carboxylic acids is 1. The lowest BCUT2D eigenvalue weighted by molar-refractivity contribution is -0.115. The molecule has 0 spiro atoms. The Hall–Kier alpha value is -3.16. The zero-order valence-corrected chi connectivity index (χ0v) is 19.5. The van der Waals surface area contributed by atoms with E-state index in [2.05, 4.69) is 20.5 Å². The Morgan fingerprint density at radius 2 is 1.78 bits per heavy atom. The first-order valence-corrected chi connectivity index (χ1v) is 11.4. The molecule has 0 aliphatic carbocycles. The molecule has 6 nitrogen and oxygen atoms in total. The van der Waals surface area contributed by atoms with Crippen LogP contribution < -0.4 is 5.32 Å². The van der Waals surface area contributed by atoms with Crippen LogP contribution in [-0.4, -0.2) is 30.9 Å². The fourth-order valence-corrected chi connectivity index (χ4v) is 4.27. The molecule has 32 heavy (non-hydrogen) atoms. The smallest absolute Gasteiger partial charge is 0.237 e. The average molecular weight is 464 g/mol. The molecule has 0 aliphatic rings. The number of benzene rings is 2. The number of hydrogen-bond donors (Lipinski definition) is 1. The summed E-state index contributed by atoms with van der Waals surface area (Å²) in [5.74, 6) is 0.563. The molecule has 1 N–H and O–H groups in total. The number of aryl methyl sites for hydroxylation is 2. The lowest BCUT2D eigenvalue weighted by Gasteiger charge is -2.16. The van der Waals surface area contributed by atoms with Crippen LogP contribution in [0.5, 0.6) is 0 Å². The number of para-hydroxylation sites is 1. The van der Waals surface area contributed by atoms with E-state index in [0.717, 1.165) is 22.4 Å². The van der Waals surface area contributed by atoms with Gasteiger partial charge in [-0.3, -0.25) is 14.3 Å². The molecule has 0 fully saturated rings. The molecule has 2 aromatic heterocycles. The molecule has 4 aromatic rings. The summed E-state index contributed by atoms with van der Waals surface area (Å²) in [6.07, 6.45) is 3.45. The number of nitrogens with zero attached hydrogens (tertiary/aromatic N) is 4. The molecule has 2 aromatic carbocycles. The minimum atomic E-state index is -0.411. The van der Waals surface area contributed by atoms with Crippen molar-refractivity contribution in [3.63, 3.8) is 0 Å². The van der Waals surface area contributed by atoms with Crippen LogP contribution in [0.15, 0.2) is 72.1 Å². The van der Waals surface area contributed by atoms with Crippen LogP contribution in [0.1, 0.15) is 18.1 Å². The second-order valence-corrected chi connectivity index (χ2v) is 9.12. The van der Waals surface area contributed by atoms with Gasteiger partial charge in [-0.25, -0.2) is 0 Å². The maximum absolute atomic E-state index is 12.9. The van der Waals surface area contributed by atoms with Gasteiger partial charge in [0.05, 0.1) is 10.9 Å². The molecule has 4 rings (SSSR count). The fourth-order valence-electron chi connectivity index (χ4n) is 3.24. The minimum absolute atomic E-state index is 0.134. The highest BCUT2D eigenvalue weighted by atomic mass is 35.5. The van der Waals surface area contributed by atoms with Gasteiger partial charge in [0.2, 0.25) is 5.91 Å². The van der Waals surface area contributed by atoms with Crippen molar-refractivity contribution in [3.8, 4) is 17.1 Å². The van der Waals surface area contributed by atoms with E-state index >= 15 is 0 Å². The third-order valence-corrected chi connectivity index (χ3v) is 6.31. The molecule has 0 aliphatic heterocycles. The topological polar surface area (TPSA) is 72.7 Å². The first-order valence-electron chi connectivity index (χ1n) is 10.1. The van der Waals surface area contributed by atoms with Crippen molar-refractivity contribution >= 4 is 35.0 Å². The largest absolute Gasteiger partial charge is 0.325 e. The van der Waals surface area contributed by atoms with Crippen molar-refractivity contribution < 1.29 is 4.79 Å². The van der Waals surface area contributed by atoms with Crippen LogP contribution in [0, 0.1) is 13.8 Å². The standard InChI is InChI=1S/C24H22ClN5OS/c1-15-8-9-19(25)14-20(15)27-23(31)17(3)32-24-29-28-22(18-10-12-26-13-11-18)30(24)21-7-5-4-6-16(21)2/h4-14,17H,1-3H3,(H,27,31). The predicted molar refractivity (Wildman–Crippen MR) is 129 cm³/mol. The van der Waals surface area contributed by atoms with E-state index in [9.17, 15) is 4.79 Å². The maximum Gasteiger partial charge on any atom is 0.237 e. The van der Waals surface area contributed by atoms with Crippen molar-refractivity contribution in [3.05, 3.63) is 83.1 Å². The number of anilines is 1. The summed E-state index contributed by atoms with van der Waals surface area (Å²) in [5, 5.41) is 12.6. The van der Waals surface area contributed by atoms with Gasteiger partial charge in [-0.15, -0.1) is 10.2 Å². The summed E-state index contributed by atoms with van der Waals surface area (Å²) < 4.78 is 1.99. The third kappa shape index (κ3) is 4.69. The van der Waals surface area contributed by atoms with Crippen molar-refractivity contribution in [1.29, 1.82) is 0 Å². The number of rotatable bonds is 6. The number of carbonyl (C=O) groups is 1. The van der Waals surface area contributed by atoms with Gasteiger partial charge in [0.25, 0.3) is 0 Å². The molecule has 162 valence electrons. The van der Waals surface area contributed by atoms with Crippen LogP contribution in [0.2, 0.25) is 5.02 Å². The van der Waals surface area contributed by atoms with Crippen molar-refractivity contribution in [2.75, 3.05) is 5.32 Å². The summed E-state index contributed by atoms with van der Waals surface area (Å²) in [5.41, 5.74) is 4.59. The third-order valence-electron chi connectivity index (χ3n) is 5.04. The van der Waals surface area contributed by atoms with E-state index in [1.807, 2.05) is 67.8 Å². The van der Waals surface area contributed by atoms with Gasteiger partial charge < -0.3 is 5.32 Å². The first kappa shape index (κ1) is 22.0. The lowest BCUT2D eigenvalue weighted by Crippen LogP contribution is -2.23. The van der Waals surface area contributed by atoms with Crippen LogP contribution in [0.25, 0.3) is 17.1 Å². The number of amides is 1. The zero-order valence-electron chi connectivity index (χ0n) is 17.9. The zero-order chi connectivity index (χ0) is 22.7. The Morgan fingerprint density at radius 1 is 1.03 bits per heavy atom. The van der Waals surface area contributed by atoms with Crippen molar-refractivity contribution in [1.82, 2.24) is 19.7 Å². The van der Waals surface area contributed by atoms with E-state index < -0.39 is 5.25 Å². The predicted octanol–water partition coefficient (Wildman–Crippen LogP) is 5.72. The Bertz CT molecular complexity index is 1260. The number of nitrogens with one attached hydrogen (secondary N) is 1. The molecule has 0 saturated carbocycles. The average Bonchev–Trinajstić information content (AvgIpc) is 3.20. The summed E-state index contributed by atoms with van der Waals surface area (Å²) >= 11 is 7.45. The van der Waals surface area contributed by atoms with Crippen molar-refractivity contribution in [2.45, 2.75) is 31.2 Å². The van der Waals surface area contributed by atoms with Gasteiger partial charge in [-0.2, -0.15) is 0 Å². The van der Waals surface area contributed by atoms with Crippen LogP contribution >= 0.6 is 23.4 Å². The molecule has 0 bridgehead atoms. The van der Waals surface area contributed by atoms with E-state index in [4.69, 9.17) is 11.6 Å². The summed E-state index contributed by atoms with van der Waals surface area (Å²) in [6, 6.07) is 17.3.